The Kier molecular flexibility index (Phi) is 5.60. The number of anilines is 1. The molecule has 0 saturated heterocycles. The van der Waals surface area contributed by atoms with Gasteiger partial charge in [-0.15, -0.1) is 0 Å². The molecule has 1 N–H and O–H groups in total. The molecule has 0 aliphatic rings. The van der Waals surface area contributed by atoms with Gasteiger partial charge < -0.3 is 10.2 Å². The number of carbonyl (C=O) groups is 1. The first-order chi connectivity index (χ1) is 7.99. The van der Waals surface area contributed by atoms with E-state index in [1.165, 1.54) is 0 Å². The Morgan fingerprint density at radius 3 is 2.59 bits per heavy atom. The zero-order valence-electron chi connectivity index (χ0n) is 10.3. The number of hydrogen-bond acceptors (Lipinski definition) is 4. The molecule has 0 unspecified atom stereocenters. The summed E-state index contributed by atoms with van der Waals surface area (Å²) >= 11 is 2.14. The monoisotopic (exact) mass is 348 g/mol. The molecule has 0 spiro atoms. The molecule has 0 aliphatic carbocycles. The van der Waals surface area contributed by atoms with Gasteiger partial charge in [0.15, 0.2) is 0 Å². The number of hydrogen-bond donors (Lipinski definition) is 1. The number of rotatable bonds is 5. The van der Waals surface area contributed by atoms with Crippen molar-refractivity contribution in [2.75, 3.05) is 25.0 Å². The first-order valence-electron chi connectivity index (χ1n) is 5.44. The van der Waals surface area contributed by atoms with Crippen LogP contribution in [0.2, 0.25) is 0 Å². The molecule has 1 amide bonds. The second-order valence-corrected chi connectivity index (χ2v) is 5.50. The molecule has 5 nitrogen and oxygen atoms in total. The van der Waals surface area contributed by atoms with Crippen LogP contribution in [0.15, 0.2) is 12.4 Å². The number of halogens is 1. The van der Waals surface area contributed by atoms with Crippen molar-refractivity contribution in [2.45, 2.75) is 13.8 Å². The molecule has 0 fully saturated rings. The minimum Gasteiger partial charge on any atom is -0.354 e. The largest absolute Gasteiger partial charge is 0.354 e. The Labute approximate surface area is 115 Å². The number of nitrogens with zero attached hydrogens (tertiary/aromatic N) is 3. The van der Waals surface area contributed by atoms with Crippen molar-refractivity contribution in [3.63, 3.8) is 0 Å². The van der Waals surface area contributed by atoms with E-state index >= 15 is 0 Å². The highest BCUT2D eigenvalue weighted by molar-refractivity contribution is 14.1. The molecule has 0 aromatic carbocycles. The third kappa shape index (κ3) is 5.29. The quantitative estimate of drug-likeness (QED) is 0.815. The summed E-state index contributed by atoms with van der Waals surface area (Å²) in [6.45, 7) is 5.09. The molecule has 1 aromatic heterocycles. The average Bonchev–Trinajstić information content (AvgIpc) is 2.27. The minimum absolute atomic E-state index is 0.0108. The van der Waals surface area contributed by atoms with Gasteiger partial charge in [0.2, 0.25) is 11.9 Å². The summed E-state index contributed by atoms with van der Waals surface area (Å²) in [7, 11) is 1.80. The van der Waals surface area contributed by atoms with Crippen molar-refractivity contribution < 1.29 is 4.79 Å². The lowest BCUT2D eigenvalue weighted by Gasteiger charge is -2.16. The molecule has 94 valence electrons. The van der Waals surface area contributed by atoms with E-state index in [0.717, 1.165) is 3.57 Å². The van der Waals surface area contributed by atoms with Crippen LogP contribution in [0.3, 0.4) is 0 Å². The molecule has 0 saturated carbocycles. The standard InChI is InChI=1S/C11H17IN4O/c1-8(2)4-13-10(17)7-16(3)11-14-5-9(12)6-15-11/h5-6,8H,4,7H2,1-3H3,(H,13,17). The zero-order valence-corrected chi connectivity index (χ0v) is 12.4. The van der Waals surface area contributed by atoms with Crippen molar-refractivity contribution in [1.29, 1.82) is 0 Å². The van der Waals surface area contributed by atoms with Gasteiger partial charge in [0, 0.05) is 29.6 Å². The third-order valence-corrected chi connectivity index (χ3v) is 2.59. The minimum atomic E-state index is -0.0108. The van der Waals surface area contributed by atoms with Crippen molar-refractivity contribution >= 4 is 34.4 Å². The topological polar surface area (TPSA) is 58.1 Å². The molecule has 0 bridgehead atoms. The smallest absolute Gasteiger partial charge is 0.239 e. The highest BCUT2D eigenvalue weighted by Crippen LogP contribution is 2.06. The Bertz CT molecular complexity index is 366. The van der Waals surface area contributed by atoms with Gasteiger partial charge in [-0.2, -0.15) is 0 Å². The molecule has 0 aliphatic heterocycles. The van der Waals surface area contributed by atoms with E-state index in [9.17, 15) is 4.79 Å². The lowest BCUT2D eigenvalue weighted by Crippen LogP contribution is -2.37. The summed E-state index contributed by atoms with van der Waals surface area (Å²) in [6, 6.07) is 0. The average molecular weight is 348 g/mol. The maximum absolute atomic E-state index is 11.6. The van der Waals surface area contributed by atoms with Crippen LogP contribution in [-0.2, 0) is 4.79 Å². The van der Waals surface area contributed by atoms with Crippen molar-refractivity contribution in [1.82, 2.24) is 15.3 Å². The molecule has 1 rings (SSSR count). The van der Waals surface area contributed by atoms with Crippen LogP contribution in [0.1, 0.15) is 13.8 Å². The first-order valence-corrected chi connectivity index (χ1v) is 6.52. The Morgan fingerprint density at radius 2 is 2.06 bits per heavy atom. The van der Waals surface area contributed by atoms with Crippen LogP contribution in [0.25, 0.3) is 0 Å². The summed E-state index contributed by atoms with van der Waals surface area (Å²) in [5.41, 5.74) is 0. The predicted octanol–water partition coefficient (Wildman–Crippen LogP) is 1.29. The molecule has 1 aromatic rings. The number of likely N-dealkylation sites (N-methyl/N-ethyl adjacent to an activating group) is 1. The summed E-state index contributed by atoms with van der Waals surface area (Å²) in [5, 5.41) is 2.86. The maximum Gasteiger partial charge on any atom is 0.239 e. The lowest BCUT2D eigenvalue weighted by atomic mass is 10.2. The third-order valence-electron chi connectivity index (χ3n) is 2.04. The Balaban J connectivity index is 2.46. The van der Waals surface area contributed by atoms with Crippen LogP contribution < -0.4 is 10.2 Å². The Morgan fingerprint density at radius 1 is 1.47 bits per heavy atom. The Hall–Kier alpha value is -0.920. The van der Waals surface area contributed by atoms with E-state index in [4.69, 9.17) is 0 Å². The lowest BCUT2D eigenvalue weighted by molar-refractivity contribution is -0.119. The number of aromatic nitrogens is 2. The predicted molar refractivity (Wildman–Crippen MR) is 75.9 cm³/mol. The van der Waals surface area contributed by atoms with E-state index < -0.39 is 0 Å². The van der Waals surface area contributed by atoms with E-state index in [1.54, 1.807) is 24.3 Å². The van der Waals surface area contributed by atoms with Gasteiger partial charge in [0.05, 0.1) is 6.54 Å². The second kappa shape index (κ2) is 6.73. The van der Waals surface area contributed by atoms with Crippen LogP contribution >= 0.6 is 22.6 Å². The molecule has 0 atom stereocenters. The van der Waals surface area contributed by atoms with Crippen LogP contribution in [0.4, 0.5) is 5.95 Å². The van der Waals surface area contributed by atoms with Gasteiger partial charge in [-0.05, 0) is 28.5 Å². The van der Waals surface area contributed by atoms with Crippen LogP contribution in [0, 0.1) is 9.49 Å². The maximum atomic E-state index is 11.6. The summed E-state index contributed by atoms with van der Waals surface area (Å²) < 4.78 is 0.976. The van der Waals surface area contributed by atoms with Gasteiger partial charge in [0.1, 0.15) is 0 Å². The fourth-order valence-corrected chi connectivity index (χ4v) is 1.44. The fourth-order valence-electron chi connectivity index (χ4n) is 1.16. The summed E-state index contributed by atoms with van der Waals surface area (Å²) in [6.07, 6.45) is 3.46. The zero-order chi connectivity index (χ0) is 12.8. The van der Waals surface area contributed by atoms with Gasteiger partial charge in [-0.25, -0.2) is 9.97 Å². The van der Waals surface area contributed by atoms with Crippen LogP contribution in [-0.4, -0.2) is 36.0 Å². The van der Waals surface area contributed by atoms with Gasteiger partial charge in [-0.1, -0.05) is 13.8 Å². The summed E-state index contributed by atoms with van der Waals surface area (Å²) in [4.78, 5) is 21.6. The highest BCUT2D eigenvalue weighted by atomic mass is 127. The molecular formula is C11H17IN4O. The van der Waals surface area contributed by atoms with Crippen molar-refractivity contribution in [2.24, 2.45) is 5.92 Å². The van der Waals surface area contributed by atoms with Gasteiger partial charge >= 0.3 is 0 Å². The van der Waals surface area contributed by atoms with Crippen molar-refractivity contribution in [3.05, 3.63) is 16.0 Å². The van der Waals surface area contributed by atoms with E-state index in [0.29, 0.717) is 18.4 Å². The van der Waals surface area contributed by atoms with E-state index in [1.807, 2.05) is 0 Å². The molecular weight excluding hydrogens is 331 g/mol. The SMILES string of the molecule is CC(C)CNC(=O)CN(C)c1ncc(I)cn1. The molecule has 0 radical (unpaired) electrons. The van der Waals surface area contributed by atoms with E-state index in [2.05, 4.69) is 51.7 Å². The molecule has 17 heavy (non-hydrogen) atoms. The second-order valence-electron chi connectivity index (χ2n) is 4.26. The number of nitrogens with one attached hydrogen (secondary N) is 1. The van der Waals surface area contributed by atoms with Gasteiger partial charge in [0.25, 0.3) is 0 Å². The summed E-state index contributed by atoms with van der Waals surface area (Å²) in [5.74, 6) is 1.01. The molecule has 6 heteroatoms. The normalized spacial score (nSPS) is 10.4. The van der Waals surface area contributed by atoms with Crippen LogP contribution in [0.5, 0.6) is 0 Å². The first kappa shape index (κ1) is 14.1. The number of carbonyl (C=O) groups excluding carboxylic acids is 1. The van der Waals surface area contributed by atoms with E-state index in [-0.39, 0.29) is 12.5 Å². The fraction of sp³-hybridized carbons (Fsp3) is 0.545. The van der Waals surface area contributed by atoms with Gasteiger partial charge in [-0.3, -0.25) is 4.79 Å². The van der Waals surface area contributed by atoms with Crippen molar-refractivity contribution in [3.8, 4) is 0 Å². The molecule has 1 heterocycles. The highest BCUT2D eigenvalue weighted by Gasteiger charge is 2.09. The number of amides is 1.